The van der Waals surface area contributed by atoms with Crippen LogP contribution in [0.3, 0.4) is 0 Å². The predicted octanol–water partition coefficient (Wildman–Crippen LogP) is 8.15. The average molecular weight is 474 g/mol. The molecule has 0 spiro atoms. The van der Waals surface area contributed by atoms with Crippen LogP contribution >= 0.6 is 0 Å². The molecule has 0 N–H and O–H groups in total. The Balaban J connectivity index is 1.39. The molecule has 3 aromatic rings. The molecule has 176 valence electrons. The maximum Gasteiger partial charge on any atom is 0.170 e. The van der Waals surface area contributed by atoms with Crippen molar-refractivity contribution >= 4 is 10.9 Å². The van der Waals surface area contributed by atoms with Gasteiger partial charge in [-0.15, -0.1) is 0 Å². The maximum atomic E-state index is 15.3. The molecule has 3 aliphatic rings. The lowest BCUT2D eigenvalue weighted by atomic mass is 9.68. The fourth-order valence-corrected chi connectivity index (χ4v) is 9.55. The van der Waals surface area contributed by atoms with Gasteiger partial charge in [0.25, 0.3) is 0 Å². The molecular formula is C31H34FOS+. The normalized spacial score (nSPS) is 29.7. The molecule has 6 rings (SSSR count). The summed E-state index contributed by atoms with van der Waals surface area (Å²) in [5, 5.41) is 0. The van der Waals surface area contributed by atoms with Gasteiger partial charge in [-0.05, 0) is 85.8 Å². The second-order valence-corrected chi connectivity index (χ2v) is 12.8. The number of halogens is 1. The molecule has 5 unspecified atom stereocenters. The minimum Gasteiger partial charge on any atom is -0.483 e. The Kier molecular flexibility index (Phi) is 5.72. The fraction of sp³-hybridized carbons (Fsp3) is 0.419. The van der Waals surface area contributed by atoms with Crippen LogP contribution in [0.4, 0.5) is 4.39 Å². The first-order chi connectivity index (χ1) is 16.6. The van der Waals surface area contributed by atoms with Crippen molar-refractivity contribution in [3.05, 3.63) is 84.7 Å². The van der Waals surface area contributed by atoms with Gasteiger partial charge in [-0.1, -0.05) is 56.7 Å². The number of hydrogen-bond acceptors (Lipinski definition) is 1. The molecule has 3 fully saturated rings. The van der Waals surface area contributed by atoms with Crippen molar-refractivity contribution in [2.45, 2.75) is 66.2 Å². The number of hydrogen-bond donors (Lipinski definition) is 0. The molecule has 2 bridgehead atoms. The summed E-state index contributed by atoms with van der Waals surface area (Å²) in [5.41, 5.74) is -0.242. The summed E-state index contributed by atoms with van der Waals surface area (Å²) in [5.74, 6) is 3.56. The molecule has 3 aliphatic carbocycles. The quantitative estimate of drug-likeness (QED) is 0.328. The van der Waals surface area contributed by atoms with Gasteiger partial charge in [-0.2, -0.15) is 0 Å². The van der Waals surface area contributed by atoms with E-state index in [1.807, 2.05) is 24.3 Å². The monoisotopic (exact) mass is 473 g/mol. The van der Waals surface area contributed by atoms with Crippen LogP contribution in [0.5, 0.6) is 5.75 Å². The first-order valence-electron chi connectivity index (χ1n) is 12.9. The van der Waals surface area contributed by atoms with Gasteiger partial charge < -0.3 is 4.74 Å². The molecule has 0 saturated heterocycles. The van der Waals surface area contributed by atoms with Crippen LogP contribution in [0.25, 0.3) is 0 Å². The van der Waals surface area contributed by atoms with Crippen molar-refractivity contribution in [3.8, 4) is 5.75 Å². The first-order valence-corrected chi connectivity index (χ1v) is 14.1. The van der Waals surface area contributed by atoms with Gasteiger partial charge >= 0.3 is 0 Å². The van der Waals surface area contributed by atoms with Crippen molar-refractivity contribution in [2.75, 3.05) is 0 Å². The summed E-state index contributed by atoms with van der Waals surface area (Å²) >= 11 is 0. The second kappa shape index (κ2) is 8.75. The van der Waals surface area contributed by atoms with E-state index in [-0.39, 0.29) is 22.3 Å². The molecule has 0 aromatic heterocycles. The predicted molar refractivity (Wildman–Crippen MR) is 137 cm³/mol. The van der Waals surface area contributed by atoms with E-state index in [9.17, 15) is 0 Å². The van der Waals surface area contributed by atoms with Gasteiger partial charge in [0.1, 0.15) is 5.60 Å². The van der Waals surface area contributed by atoms with Crippen molar-refractivity contribution in [2.24, 2.45) is 29.6 Å². The lowest BCUT2D eigenvalue weighted by molar-refractivity contribution is -0.0606. The highest BCUT2D eigenvalue weighted by Gasteiger charge is 2.63. The average Bonchev–Trinajstić information content (AvgIpc) is 3.56. The molecule has 0 amide bonds. The van der Waals surface area contributed by atoms with E-state index in [2.05, 4.69) is 62.4 Å². The zero-order valence-corrected chi connectivity index (χ0v) is 20.9. The number of rotatable bonds is 6. The van der Waals surface area contributed by atoms with Crippen molar-refractivity contribution in [3.63, 3.8) is 0 Å². The van der Waals surface area contributed by atoms with E-state index in [1.165, 1.54) is 35.5 Å². The van der Waals surface area contributed by atoms with Crippen LogP contribution < -0.4 is 4.74 Å². The van der Waals surface area contributed by atoms with E-state index >= 15 is 4.39 Å². The molecule has 5 atom stereocenters. The Bertz CT molecular complexity index is 1110. The van der Waals surface area contributed by atoms with Gasteiger partial charge in [-0.3, -0.25) is 0 Å². The minimum atomic E-state index is -0.313. The smallest absolute Gasteiger partial charge is 0.170 e. The Morgan fingerprint density at radius 2 is 1.50 bits per heavy atom. The standard InChI is InChI=1S/C31H34FOS/c1-21(2)31(20-22-18-28(31)27-15-9-14-26(22)27)33-30-19-25(16-17-29(30)32)34(23-10-5-3-6-11-23)24-12-7-4-8-13-24/h3-8,10-13,16-17,19,21-22,26-28H,9,14-15,18,20H2,1-2H3/q+1. The number of fused-ring (bicyclic) bond motifs is 5. The highest BCUT2D eigenvalue weighted by atomic mass is 32.2. The molecular weight excluding hydrogens is 439 g/mol. The van der Waals surface area contributed by atoms with Gasteiger partial charge in [0.15, 0.2) is 26.3 Å². The SMILES string of the molecule is CC(C)C1(Oc2cc([S+](c3ccccc3)c3ccccc3)ccc2F)CC2CC1C1CCCC21. The number of ether oxygens (including phenoxy) is 1. The van der Waals surface area contributed by atoms with Crippen LogP contribution in [0.2, 0.25) is 0 Å². The van der Waals surface area contributed by atoms with Crippen molar-refractivity contribution in [1.29, 1.82) is 0 Å². The Labute approximate surface area is 206 Å². The summed E-state index contributed by atoms with van der Waals surface area (Å²) in [6.45, 7) is 4.57. The third-order valence-electron chi connectivity index (χ3n) is 8.89. The third-order valence-corrected chi connectivity index (χ3v) is 11.1. The molecule has 34 heavy (non-hydrogen) atoms. The van der Waals surface area contributed by atoms with Gasteiger partial charge in [0, 0.05) is 12.0 Å². The summed E-state index contributed by atoms with van der Waals surface area (Å²) in [4.78, 5) is 3.58. The Morgan fingerprint density at radius 1 is 0.853 bits per heavy atom. The maximum absolute atomic E-state index is 15.3. The van der Waals surface area contributed by atoms with E-state index in [0.29, 0.717) is 17.6 Å². The second-order valence-electron chi connectivity index (χ2n) is 10.8. The van der Waals surface area contributed by atoms with E-state index in [4.69, 9.17) is 4.74 Å². The van der Waals surface area contributed by atoms with E-state index < -0.39 is 0 Å². The highest BCUT2D eigenvalue weighted by Crippen LogP contribution is 2.65. The first kappa shape index (κ1) is 22.2. The zero-order chi connectivity index (χ0) is 23.3. The third kappa shape index (κ3) is 3.59. The van der Waals surface area contributed by atoms with Crippen LogP contribution in [-0.2, 0) is 10.9 Å². The Morgan fingerprint density at radius 3 is 2.15 bits per heavy atom. The van der Waals surface area contributed by atoms with Crippen molar-refractivity contribution < 1.29 is 9.13 Å². The topological polar surface area (TPSA) is 9.23 Å². The van der Waals surface area contributed by atoms with Gasteiger partial charge in [0.2, 0.25) is 0 Å². The molecule has 3 heteroatoms. The summed E-state index contributed by atoms with van der Waals surface area (Å²) in [6, 6.07) is 26.7. The molecule has 3 saturated carbocycles. The molecule has 0 radical (unpaired) electrons. The molecule has 0 heterocycles. The summed E-state index contributed by atoms with van der Waals surface area (Å²) in [6.07, 6.45) is 6.44. The molecule has 3 aromatic carbocycles. The van der Waals surface area contributed by atoms with E-state index in [0.717, 1.165) is 29.1 Å². The molecule has 0 aliphatic heterocycles. The summed E-state index contributed by atoms with van der Waals surface area (Å²) in [7, 11) is -0.313. The Hall–Kier alpha value is -2.26. The fourth-order valence-electron chi connectivity index (χ4n) is 7.45. The summed E-state index contributed by atoms with van der Waals surface area (Å²) < 4.78 is 22.2. The molecule has 1 nitrogen and oxygen atoms in total. The minimum absolute atomic E-state index is 0.237. The number of benzene rings is 3. The largest absolute Gasteiger partial charge is 0.483 e. The highest BCUT2D eigenvalue weighted by molar-refractivity contribution is 7.97. The lowest BCUT2D eigenvalue weighted by Gasteiger charge is -2.45. The van der Waals surface area contributed by atoms with E-state index in [1.54, 1.807) is 6.07 Å². The zero-order valence-electron chi connectivity index (χ0n) is 20.1. The lowest BCUT2D eigenvalue weighted by Crippen LogP contribution is -2.50. The van der Waals surface area contributed by atoms with Gasteiger partial charge in [-0.25, -0.2) is 4.39 Å². The van der Waals surface area contributed by atoms with Crippen molar-refractivity contribution in [1.82, 2.24) is 0 Å². The van der Waals surface area contributed by atoms with Gasteiger partial charge in [0.05, 0.1) is 10.9 Å². The van der Waals surface area contributed by atoms with Crippen LogP contribution in [0, 0.1) is 35.4 Å². The van der Waals surface area contributed by atoms with Crippen LogP contribution in [0.1, 0.15) is 46.0 Å². The van der Waals surface area contributed by atoms with Crippen LogP contribution in [0.15, 0.2) is 93.5 Å². The van der Waals surface area contributed by atoms with Crippen LogP contribution in [-0.4, -0.2) is 5.60 Å².